The van der Waals surface area contributed by atoms with E-state index in [9.17, 15) is 4.79 Å². The molecule has 26 heavy (non-hydrogen) atoms. The highest BCUT2D eigenvalue weighted by Crippen LogP contribution is 2.21. The summed E-state index contributed by atoms with van der Waals surface area (Å²) in [5.41, 5.74) is 3.23. The van der Waals surface area contributed by atoms with Crippen LogP contribution in [0.3, 0.4) is 0 Å². The SMILES string of the molecule is CC[C@H](C)c1ccc(OCC(=O)Nc2ccc(N(CC)CC)cc2)cc1. The lowest BCUT2D eigenvalue weighted by Crippen LogP contribution is -2.22. The van der Waals surface area contributed by atoms with Crippen LogP contribution in [-0.4, -0.2) is 25.6 Å². The summed E-state index contributed by atoms with van der Waals surface area (Å²) in [6, 6.07) is 15.9. The fourth-order valence-corrected chi connectivity index (χ4v) is 2.82. The maximum absolute atomic E-state index is 12.1. The molecule has 4 nitrogen and oxygen atoms in total. The van der Waals surface area contributed by atoms with Crippen molar-refractivity contribution in [1.82, 2.24) is 0 Å². The zero-order chi connectivity index (χ0) is 18.9. The molecule has 0 bridgehead atoms. The van der Waals surface area contributed by atoms with E-state index in [-0.39, 0.29) is 12.5 Å². The normalized spacial score (nSPS) is 11.7. The highest BCUT2D eigenvalue weighted by Gasteiger charge is 2.07. The largest absolute Gasteiger partial charge is 0.484 e. The van der Waals surface area contributed by atoms with Crippen molar-refractivity contribution < 1.29 is 9.53 Å². The zero-order valence-electron chi connectivity index (χ0n) is 16.3. The first-order chi connectivity index (χ1) is 12.6. The molecule has 0 spiro atoms. The Kier molecular flexibility index (Phi) is 7.52. The van der Waals surface area contributed by atoms with Crippen LogP contribution in [0.4, 0.5) is 11.4 Å². The number of nitrogens with one attached hydrogen (secondary N) is 1. The first-order valence-corrected chi connectivity index (χ1v) is 9.44. The van der Waals surface area contributed by atoms with Gasteiger partial charge in [0.25, 0.3) is 5.91 Å². The standard InChI is InChI=1S/C22H30N2O2/c1-5-17(4)18-8-14-21(15-9-18)26-16-22(25)23-19-10-12-20(13-11-19)24(6-2)7-3/h8-15,17H,5-7,16H2,1-4H3,(H,23,25)/t17-/m0/s1. The minimum absolute atomic E-state index is 0.000471. The summed E-state index contributed by atoms with van der Waals surface area (Å²) in [6.45, 7) is 10.6. The van der Waals surface area contributed by atoms with Crippen molar-refractivity contribution in [3.8, 4) is 5.75 Å². The number of benzene rings is 2. The summed E-state index contributed by atoms with van der Waals surface area (Å²) in [6.07, 6.45) is 1.11. The maximum Gasteiger partial charge on any atom is 0.262 e. The molecule has 2 aromatic rings. The fourth-order valence-electron chi connectivity index (χ4n) is 2.82. The van der Waals surface area contributed by atoms with Crippen LogP contribution in [0.25, 0.3) is 0 Å². The summed E-state index contributed by atoms with van der Waals surface area (Å²) in [5, 5.41) is 2.87. The van der Waals surface area contributed by atoms with Crippen LogP contribution >= 0.6 is 0 Å². The number of ether oxygens (including phenoxy) is 1. The Morgan fingerprint density at radius 2 is 1.62 bits per heavy atom. The van der Waals surface area contributed by atoms with Gasteiger partial charge >= 0.3 is 0 Å². The fraction of sp³-hybridized carbons (Fsp3) is 0.409. The topological polar surface area (TPSA) is 41.6 Å². The minimum atomic E-state index is -0.161. The number of rotatable bonds is 9. The number of nitrogens with zero attached hydrogens (tertiary/aromatic N) is 1. The van der Waals surface area contributed by atoms with E-state index in [4.69, 9.17) is 4.74 Å². The number of carbonyl (C=O) groups is 1. The molecule has 2 aromatic carbocycles. The van der Waals surface area contributed by atoms with E-state index in [0.29, 0.717) is 11.7 Å². The van der Waals surface area contributed by atoms with E-state index in [1.807, 2.05) is 36.4 Å². The molecule has 0 aliphatic carbocycles. The van der Waals surface area contributed by atoms with Crippen LogP contribution in [0.1, 0.15) is 45.6 Å². The molecular formula is C22H30N2O2. The summed E-state index contributed by atoms with van der Waals surface area (Å²) in [5.74, 6) is 1.09. The van der Waals surface area contributed by atoms with Crippen LogP contribution in [-0.2, 0) is 4.79 Å². The lowest BCUT2D eigenvalue weighted by Gasteiger charge is -2.21. The lowest BCUT2D eigenvalue weighted by molar-refractivity contribution is -0.118. The Hall–Kier alpha value is -2.49. The van der Waals surface area contributed by atoms with Crippen molar-refractivity contribution in [3.05, 3.63) is 54.1 Å². The summed E-state index contributed by atoms with van der Waals surface area (Å²) in [7, 11) is 0. The number of amides is 1. The third-order valence-electron chi connectivity index (χ3n) is 4.71. The van der Waals surface area contributed by atoms with Crippen LogP contribution in [0.2, 0.25) is 0 Å². The van der Waals surface area contributed by atoms with Crippen LogP contribution in [0.5, 0.6) is 5.75 Å². The quantitative estimate of drug-likeness (QED) is 0.684. The number of carbonyl (C=O) groups excluding carboxylic acids is 1. The molecule has 0 radical (unpaired) electrons. The molecule has 0 aliphatic rings. The molecule has 4 heteroatoms. The van der Waals surface area contributed by atoms with Gasteiger partial charge in [0.05, 0.1) is 0 Å². The van der Waals surface area contributed by atoms with Crippen LogP contribution in [0, 0.1) is 0 Å². The molecule has 1 atom stereocenters. The van der Waals surface area contributed by atoms with E-state index in [2.05, 4.69) is 50.0 Å². The van der Waals surface area contributed by atoms with Gasteiger partial charge in [0.1, 0.15) is 5.75 Å². The highest BCUT2D eigenvalue weighted by molar-refractivity contribution is 5.92. The second kappa shape index (κ2) is 9.85. The van der Waals surface area contributed by atoms with Gasteiger partial charge in [0.15, 0.2) is 6.61 Å². The predicted octanol–water partition coefficient (Wildman–Crippen LogP) is 5.06. The monoisotopic (exact) mass is 354 g/mol. The van der Waals surface area contributed by atoms with E-state index < -0.39 is 0 Å². The van der Waals surface area contributed by atoms with Gasteiger partial charge in [-0.05, 0) is 68.1 Å². The van der Waals surface area contributed by atoms with Crippen molar-refractivity contribution >= 4 is 17.3 Å². The number of hydrogen-bond acceptors (Lipinski definition) is 3. The molecule has 1 amide bonds. The van der Waals surface area contributed by atoms with Gasteiger partial charge in [-0.1, -0.05) is 26.0 Å². The Morgan fingerprint density at radius 1 is 1.00 bits per heavy atom. The van der Waals surface area contributed by atoms with Crippen molar-refractivity contribution in [2.45, 2.75) is 40.0 Å². The predicted molar refractivity (Wildman–Crippen MR) is 109 cm³/mol. The van der Waals surface area contributed by atoms with E-state index in [0.717, 1.165) is 30.9 Å². The van der Waals surface area contributed by atoms with Gasteiger partial charge in [-0.25, -0.2) is 0 Å². The average molecular weight is 354 g/mol. The molecule has 2 rings (SSSR count). The van der Waals surface area contributed by atoms with Crippen molar-refractivity contribution in [2.75, 3.05) is 29.9 Å². The van der Waals surface area contributed by atoms with E-state index in [1.165, 1.54) is 5.56 Å². The second-order valence-corrected chi connectivity index (χ2v) is 6.43. The van der Waals surface area contributed by atoms with E-state index in [1.54, 1.807) is 0 Å². The molecule has 0 saturated heterocycles. The molecule has 1 N–H and O–H groups in total. The number of hydrogen-bond donors (Lipinski definition) is 1. The van der Waals surface area contributed by atoms with Gasteiger partial charge in [0.2, 0.25) is 0 Å². The molecule has 0 saturated carbocycles. The first kappa shape index (κ1) is 19.8. The van der Waals surface area contributed by atoms with Crippen molar-refractivity contribution in [1.29, 1.82) is 0 Å². The molecule has 140 valence electrons. The third kappa shape index (κ3) is 5.51. The molecule has 0 aliphatic heterocycles. The minimum Gasteiger partial charge on any atom is -0.484 e. The van der Waals surface area contributed by atoms with Gasteiger partial charge in [-0.15, -0.1) is 0 Å². The molecule has 0 fully saturated rings. The lowest BCUT2D eigenvalue weighted by atomic mass is 9.99. The van der Waals surface area contributed by atoms with Gasteiger partial charge in [-0.2, -0.15) is 0 Å². The third-order valence-corrected chi connectivity index (χ3v) is 4.71. The summed E-state index contributed by atoms with van der Waals surface area (Å²) in [4.78, 5) is 14.4. The average Bonchev–Trinajstić information content (AvgIpc) is 2.68. The summed E-state index contributed by atoms with van der Waals surface area (Å²) < 4.78 is 5.58. The molecule has 0 heterocycles. The molecule has 0 unspecified atom stereocenters. The Labute approximate surface area is 157 Å². The molecule has 0 aromatic heterocycles. The van der Waals surface area contributed by atoms with Gasteiger partial charge in [0, 0.05) is 24.5 Å². The van der Waals surface area contributed by atoms with Crippen molar-refractivity contribution in [3.63, 3.8) is 0 Å². The summed E-state index contributed by atoms with van der Waals surface area (Å²) >= 11 is 0. The zero-order valence-corrected chi connectivity index (χ0v) is 16.3. The van der Waals surface area contributed by atoms with Gasteiger partial charge < -0.3 is 15.0 Å². The Balaban J connectivity index is 1.85. The Bertz CT molecular complexity index is 676. The van der Waals surface area contributed by atoms with Crippen LogP contribution in [0.15, 0.2) is 48.5 Å². The smallest absolute Gasteiger partial charge is 0.262 e. The van der Waals surface area contributed by atoms with Crippen LogP contribution < -0.4 is 15.0 Å². The highest BCUT2D eigenvalue weighted by atomic mass is 16.5. The van der Waals surface area contributed by atoms with Gasteiger partial charge in [-0.3, -0.25) is 4.79 Å². The Morgan fingerprint density at radius 3 is 2.15 bits per heavy atom. The maximum atomic E-state index is 12.1. The number of anilines is 2. The second-order valence-electron chi connectivity index (χ2n) is 6.43. The van der Waals surface area contributed by atoms with Crippen molar-refractivity contribution in [2.24, 2.45) is 0 Å². The first-order valence-electron chi connectivity index (χ1n) is 9.44. The molecular weight excluding hydrogens is 324 g/mol. The van der Waals surface area contributed by atoms with E-state index >= 15 is 0 Å².